The number of halogens is 2. The van der Waals surface area contributed by atoms with Crippen LogP contribution < -0.4 is 5.73 Å². The van der Waals surface area contributed by atoms with Gasteiger partial charge in [0.15, 0.2) is 0 Å². The van der Waals surface area contributed by atoms with Crippen LogP contribution in [0.25, 0.3) is 0 Å². The molecule has 0 aliphatic carbocycles. The number of hydrogen-bond donors (Lipinski definition) is 1. The largest absolute Gasteiger partial charge is 0.320 e. The number of rotatable bonds is 2. The lowest BCUT2D eigenvalue weighted by Gasteiger charge is -2.17. The maximum absolute atomic E-state index is 6.42. The van der Waals surface area contributed by atoms with E-state index in [2.05, 4.69) is 83.0 Å². The van der Waals surface area contributed by atoms with Crippen LogP contribution in [0.1, 0.15) is 33.9 Å². The fraction of sp³-hybridized carbons (Fsp3) is 0.250. The predicted octanol–water partition coefficient (Wildman–Crippen LogP) is 5.18. The van der Waals surface area contributed by atoms with Crippen LogP contribution in [0.5, 0.6) is 0 Å². The van der Waals surface area contributed by atoms with E-state index in [0.717, 1.165) is 14.5 Å². The second-order valence-corrected chi connectivity index (χ2v) is 6.65. The Morgan fingerprint density at radius 1 is 0.842 bits per heavy atom. The average Bonchev–Trinajstić information content (AvgIpc) is 2.36. The van der Waals surface area contributed by atoms with E-state index in [1.807, 2.05) is 0 Å². The molecule has 2 aromatic rings. The third-order valence-corrected chi connectivity index (χ3v) is 5.15. The minimum Gasteiger partial charge on any atom is -0.320 e. The van der Waals surface area contributed by atoms with Crippen molar-refractivity contribution >= 4 is 31.9 Å². The predicted molar refractivity (Wildman–Crippen MR) is 88.5 cm³/mol. The van der Waals surface area contributed by atoms with Crippen molar-refractivity contribution in [3.63, 3.8) is 0 Å². The van der Waals surface area contributed by atoms with Gasteiger partial charge in [0.1, 0.15) is 0 Å². The smallest absolute Gasteiger partial charge is 0.0554 e. The Hall–Kier alpha value is -0.640. The zero-order valence-corrected chi connectivity index (χ0v) is 14.5. The maximum Gasteiger partial charge on any atom is 0.0554 e. The van der Waals surface area contributed by atoms with Crippen molar-refractivity contribution < 1.29 is 0 Å². The fourth-order valence-electron chi connectivity index (χ4n) is 2.12. The highest BCUT2D eigenvalue weighted by atomic mass is 79.9. The van der Waals surface area contributed by atoms with Crippen LogP contribution in [0.3, 0.4) is 0 Å². The molecule has 0 aromatic heterocycles. The molecule has 0 saturated carbocycles. The zero-order valence-electron chi connectivity index (χ0n) is 11.3. The number of aryl methyl sites for hydroxylation is 3. The molecule has 2 N–H and O–H groups in total. The molecule has 0 spiro atoms. The summed E-state index contributed by atoms with van der Waals surface area (Å²) < 4.78 is 2.23. The summed E-state index contributed by atoms with van der Waals surface area (Å²) in [5, 5.41) is 0. The first-order chi connectivity index (χ1) is 8.90. The molecule has 2 aromatic carbocycles. The molecular formula is C16H17Br2N. The molecular weight excluding hydrogens is 366 g/mol. The van der Waals surface area contributed by atoms with Gasteiger partial charge in [-0.25, -0.2) is 0 Å². The summed E-state index contributed by atoms with van der Waals surface area (Å²) in [5.41, 5.74) is 12.4. The number of benzene rings is 2. The van der Waals surface area contributed by atoms with Crippen LogP contribution >= 0.6 is 31.9 Å². The van der Waals surface area contributed by atoms with Gasteiger partial charge in [-0.15, -0.1) is 0 Å². The molecule has 3 heteroatoms. The molecule has 0 saturated heterocycles. The van der Waals surface area contributed by atoms with Crippen molar-refractivity contribution in [2.24, 2.45) is 5.73 Å². The second-order valence-electron chi connectivity index (χ2n) is 4.94. The van der Waals surface area contributed by atoms with Crippen molar-refractivity contribution in [2.75, 3.05) is 0 Å². The highest BCUT2D eigenvalue weighted by Gasteiger charge is 2.13. The highest BCUT2D eigenvalue weighted by Crippen LogP contribution is 2.29. The lowest BCUT2D eigenvalue weighted by molar-refractivity contribution is 0.857. The van der Waals surface area contributed by atoms with E-state index in [1.165, 1.54) is 22.3 Å². The van der Waals surface area contributed by atoms with E-state index < -0.39 is 0 Å². The monoisotopic (exact) mass is 381 g/mol. The highest BCUT2D eigenvalue weighted by molar-refractivity contribution is 9.10. The summed E-state index contributed by atoms with van der Waals surface area (Å²) in [6.07, 6.45) is 0. The Kier molecular flexibility index (Phi) is 4.49. The summed E-state index contributed by atoms with van der Waals surface area (Å²) >= 11 is 7.13. The Bertz CT molecular complexity index is 620. The number of hydrogen-bond acceptors (Lipinski definition) is 1. The SMILES string of the molecule is Cc1ccc(C(N)c2cc(C)c(Br)cc2C)cc1Br. The molecule has 0 fully saturated rings. The van der Waals surface area contributed by atoms with Crippen LogP contribution in [0.2, 0.25) is 0 Å². The molecule has 0 heterocycles. The van der Waals surface area contributed by atoms with E-state index in [1.54, 1.807) is 0 Å². The van der Waals surface area contributed by atoms with Crippen LogP contribution in [0, 0.1) is 20.8 Å². The van der Waals surface area contributed by atoms with Gasteiger partial charge in [-0.2, -0.15) is 0 Å². The third-order valence-electron chi connectivity index (χ3n) is 3.44. The summed E-state index contributed by atoms with van der Waals surface area (Å²) in [6, 6.07) is 10.5. The van der Waals surface area contributed by atoms with Crippen molar-refractivity contribution in [1.29, 1.82) is 0 Å². The van der Waals surface area contributed by atoms with E-state index >= 15 is 0 Å². The molecule has 1 atom stereocenters. The van der Waals surface area contributed by atoms with Gasteiger partial charge in [0, 0.05) is 8.95 Å². The first kappa shape index (κ1) is 14.8. The zero-order chi connectivity index (χ0) is 14.2. The van der Waals surface area contributed by atoms with Crippen molar-refractivity contribution in [3.8, 4) is 0 Å². The Balaban J connectivity index is 2.46. The van der Waals surface area contributed by atoms with E-state index in [9.17, 15) is 0 Å². The van der Waals surface area contributed by atoms with Crippen LogP contribution in [-0.2, 0) is 0 Å². The van der Waals surface area contributed by atoms with Gasteiger partial charge in [-0.05, 0) is 60.7 Å². The Morgan fingerprint density at radius 3 is 2.11 bits per heavy atom. The van der Waals surface area contributed by atoms with Gasteiger partial charge in [0.05, 0.1) is 6.04 Å². The van der Waals surface area contributed by atoms with Gasteiger partial charge in [0.25, 0.3) is 0 Å². The molecule has 19 heavy (non-hydrogen) atoms. The average molecular weight is 383 g/mol. The van der Waals surface area contributed by atoms with Gasteiger partial charge in [-0.1, -0.05) is 50.1 Å². The minimum absolute atomic E-state index is 0.0938. The lowest BCUT2D eigenvalue weighted by Crippen LogP contribution is -2.13. The third kappa shape index (κ3) is 3.10. The Morgan fingerprint density at radius 2 is 1.47 bits per heavy atom. The first-order valence-electron chi connectivity index (χ1n) is 6.18. The van der Waals surface area contributed by atoms with Gasteiger partial charge in [-0.3, -0.25) is 0 Å². The molecule has 0 radical (unpaired) electrons. The summed E-state index contributed by atoms with van der Waals surface area (Å²) in [6.45, 7) is 6.27. The molecule has 2 rings (SSSR count). The molecule has 100 valence electrons. The molecule has 0 amide bonds. The summed E-state index contributed by atoms with van der Waals surface area (Å²) in [7, 11) is 0. The van der Waals surface area contributed by atoms with Crippen molar-refractivity contribution in [2.45, 2.75) is 26.8 Å². The van der Waals surface area contributed by atoms with Gasteiger partial charge >= 0.3 is 0 Å². The summed E-state index contributed by atoms with van der Waals surface area (Å²) in [5.74, 6) is 0. The molecule has 0 aliphatic rings. The maximum atomic E-state index is 6.42. The fourth-order valence-corrected chi connectivity index (χ4v) is 2.97. The van der Waals surface area contributed by atoms with Crippen molar-refractivity contribution in [1.82, 2.24) is 0 Å². The van der Waals surface area contributed by atoms with E-state index in [-0.39, 0.29) is 6.04 Å². The van der Waals surface area contributed by atoms with E-state index in [4.69, 9.17) is 5.73 Å². The van der Waals surface area contributed by atoms with Gasteiger partial charge < -0.3 is 5.73 Å². The van der Waals surface area contributed by atoms with Crippen LogP contribution in [0.15, 0.2) is 39.3 Å². The van der Waals surface area contributed by atoms with Crippen molar-refractivity contribution in [3.05, 3.63) is 67.1 Å². The van der Waals surface area contributed by atoms with Crippen LogP contribution in [0.4, 0.5) is 0 Å². The van der Waals surface area contributed by atoms with E-state index in [0.29, 0.717) is 0 Å². The topological polar surface area (TPSA) is 26.0 Å². The lowest BCUT2D eigenvalue weighted by atomic mass is 9.94. The minimum atomic E-state index is -0.0938. The molecule has 1 nitrogen and oxygen atoms in total. The molecule has 0 bridgehead atoms. The first-order valence-corrected chi connectivity index (χ1v) is 7.77. The standard InChI is InChI=1S/C16H17Br2N/c1-9-4-5-12(8-15(9)18)16(19)13-6-11(3)14(17)7-10(13)2/h4-8,16H,19H2,1-3H3. The van der Waals surface area contributed by atoms with Crippen LogP contribution in [-0.4, -0.2) is 0 Å². The Labute approximate surface area is 131 Å². The second kappa shape index (κ2) is 5.78. The summed E-state index contributed by atoms with van der Waals surface area (Å²) in [4.78, 5) is 0. The van der Waals surface area contributed by atoms with Gasteiger partial charge in [0.2, 0.25) is 0 Å². The molecule has 1 unspecified atom stereocenters. The normalized spacial score (nSPS) is 12.5. The molecule has 0 aliphatic heterocycles. The number of nitrogens with two attached hydrogens (primary N) is 1. The quantitative estimate of drug-likeness (QED) is 0.760.